The van der Waals surface area contributed by atoms with Gasteiger partial charge in [0.15, 0.2) is 0 Å². The first kappa shape index (κ1) is 33.5. The van der Waals surface area contributed by atoms with E-state index in [1.54, 1.807) is 0 Å². The van der Waals surface area contributed by atoms with Crippen LogP contribution in [0.3, 0.4) is 0 Å². The van der Waals surface area contributed by atoms with E-state index in [0.29, 0.717) is 6.61 Å². The van der Waals surface area contributed by atoms with Gasteiger partial charge in [0, 0.05) is 6.54 Å². The van der Waals surface area contributed by atoms with E-state index in [4.69, 9.17) is 4.74 Å². The Morgan fingerprint density at radius 2 is 0.889 bits per heavy atom. The first-order valence-electron chi connectivity index (χ1n) is 16.7. The van der Waals surface area contributed by atoms with Crippen LogP contribution >= 0.6 is 0 Å². The number of rotatable bonds is 28. The lowest BCUT2D eigenvalue weighted by Crippen LogP contribution is -2.20. The summed E-state index contributed by atoms with van der Waals surface area (Å²) in [6.07, 6.45) is 37.7. The van der Waals surface area contributed by atoms with Gasteiger partial charge in [-0.15, -0.1) is 0 Å². The molecule has 3 nitrogen and oxygen atoms in total. The van der Waals surface area contributed by atoms with E-state index in [0.717, 1.165) is 25.9 Å². The third kappa shape index (κ3) is 22.6. The third-order valence-corrected chi connectivity index (χ3v) is 8.14. The Balaban J connectivity index is 1.63. The summed E-state index contributed by atoms with van der Waals surface area (Å²) < 4.78 is 5.40. The molecule has 1 rings (SSSR count). The maximum Gasteiger partial charge on any atom is 0.310 e. The fourth-order valence-electron chi connectivity index (χ4n) is 5.56. The minimum absolute atomic E-state index is 0.0135. The molecule has 0 amide bonds. The number of nitrogens with one attached hydrogen (secondary N) is 1. The van der Waals surface area contributed by atoms with Crippen molar-refractivity contribution in [1.29, 1.82) is 0 Å². The highest BCUT2D eigenvalue weighted by Gasteiger charge is 2.23. The van der Waals surface area contributed by atoms with Crippen molar-refractivity contribution < 1.29 is 9.53 Å². The van der Waals surface area contributed by atoms with Crippen molar-refractivity contribution in [2.75, 3.05) is 19.7 Å². The molecule has 1 aliphatic rings. The standard InChI is InChI=1S/C33H65NO2/c1-2-3-4-5-6-7-8-9-10-11-12-13-14-15-16-17-18-19-20-21-22-23-24-25-26-27-30-36-33(35)32-28-29-34-31-32/h32,34H,2-31H2,1H3. The quantitative estimate of drug-likeness (QED) is 0.0845. The van der Waals surface area contributed by atoms with Gasteiger partial charge in [0.25, 0.3) is 0 Å². The van der Waals surface area contributed by atoms with Crippen molar-refractivity contribution in [3.8, 4) is 0 Å². The van der Waals surface area contributed by atoms with Crippen molar-refractivity contribution in [2.24, 2.45) is 5.92 Å². The van der Waals surface area contributed by atoms with Gasteiger partial charge in [0.05, 0.1) is 12.5 Å². The van der Waals surface area contributed by atoms with E-state index in [1.807, 2.05) is 0 Å². The zero-order chi connectivity index (χ0) is 25.8. The van der Waals surface area contributed by atoms with E-state index >= 15 is 0 Å². The number of hydrogen-bond donors (Lipinski definition) is 1. The van der Waals surface area contributed by atoms with E-state index in [9.17, 15) is 4.79 Å². The van der Waals surface area contributed by atoms with Crippen LogP contribution in [-0.2, 0) is 9.53 Å². The maximum absolute atomic E-state index is 11.8. The number of carbonyl (C=O) groups excluding carboxylic acids is 1. The summed E-state index contributed by atoms with van der Waals surface area (Å²) in [7, 11) is 0. The molecule has 0 aromatic heterocycles. The highest BCUT2D eigenvalue weighted by molar-refractivity contribution is 5.73. The molecule has 1 aliphatic heterocycles. The lowest BCUT2D eigenvalue weighted by molar-refractivity contribution is -0.147. The number of carbonyl (C=O) groups is 1. The van der Waals surface area contributed by atoms with Gasteiger partial charge in [0.2, 0.25) is 0 Å². The lowest BCUT2D eigenvalue weighted by Gasteiger charge is -2.08. The molecule has 0 radical (unpaired) electrons. The van der Waals surface area contributed by atoms with Crippen molar-refractivity contribution in [2.45, 2.75) is 180 Å². The Labute approximate surface area is 226 Å². The van der Waals surface area contributed by atoms with Crippen LogP contribution in [0.2, 0.25) is 0 Å². The topological polar surface area (TPSA) is 38.3 Å². The van der Waals surface area contributed by atoms with Gasteiger partial charge >= 0.3 is 5.97 Å². The Morgan fingerprint density at radius 3 is 1.19 bits per heavy atom. The molecule has 0 aromatic rings. The predicted octanol–water partition coefficient (Wildman–Crippen LogP) is 10.3. The molecule has 1 fully saturated rings. The normalized spacial score (nSPS) is 15.5. The average Bonchev–Trinajstić information content (AvgIpc) is 3.43. The molecule has 1 unspecified atom stereocenters. The molecule has 1 atom stereocenters. The molecule has 0 saturated carbocycles. The molecular weight excluding hydrogens is 442 g/mol. The van der Waals surface area contributed by atoms with Crippen molar-refractivity contribution in [3.05, 3.63) is 0 Å². The van der Waals surface area contributed by atoms with Gasteiger partial charge in [0.1, 0.15) is 0 Å². The highest BCUT2D eigenvalue weighted by Crippen LogP contribution is 2.16. The summed E-state index contributed by atoms with van der Waals surface area (Å²) in [5.74, 6) is 0.119. The van der Waals surface area contributed by atoms with Gasteiger partial charge in [-0.3, -0.25) is 4.79 Å². The van der Waals surface area contributed by atoms with E-state index in [2.05, 4.69) is 12.2 Å². The second-order valence-corrected chi connectivity index (χ2v) is 11.7. The molecule has 36 heavy (non-hydrogen) atoms. The van der Waals surface area contributed by atoms with Crippen LogP contribution < -0.4 is 5.32 Å². The van der Waals surface area contributed by atoms with Gasteiger partial charge in [-0.25, -0.2) is 0 Å². The highest BCUT2D eigenvalue weighted by atomic mass is 16.5. The Hall–Kier alpha value is -0.570. The molecule has 3 heteroatoms. The summed E-state index contributed by atoms with van der Waals surface area (Å²) in [5.41, 5.74) is 0. The van der Waals surface area contributed by atoms with Crippen LogP contribution in [0.15, 0.2) is 0 Å². The number of unbranched alkanes of at least 4 members (excludes halogenated alkanes) is 25. The molecular formula is C33H65NO2. The largest absolute Gasteiger partial charge is 0.465 e. The van der Waals surface area contributed by atoms with Crippen LogP contribution in [0.4, 0.5) is 0 Å². The van der Waals surface area contributed by atoms with Crippen molar-refractivity contribution >= 4 is 5.97 Å². The summed E-state index contributed by atoms with van der Waals surface area (Å²) >= 11 is 0. The van der Waals surface area contributed by atoms with Crippen LogP contribution in [0.5, 0.6) is 0 Å². The van der Waals surface area contributed by atoms with Crippen molar-refractivity contribution in [3.63, 3.8) is 0 Å². The third-order valence-electron chi connectivity index (χ3n) is 8.14. The van der Waals surface area contributed by atoms with Crippen LogP contribution in [0.1, 0.15) is 180 Å². The number of esters is 1. The minimum Gasteiger partial charge on any atom is -0.465 e. The molecule has 1 heterocycles. The fourth-order valence-corrected chi connectivity index (χ4v) is 5.56. The van der Waals surface area contributed by atoms with Gasteiger partial charge in [-0.1, -0.05) is 167 Å². The zero-order valence-corrected chi connectivity index (χ0v) is 24.6. The molecule has 1 N–H and O–H groups in total. The Morgan fingerprint density at radius 1 is 0.556 bits per heavy atom. The average molecular weight is 508 g/mol. The molecule has 0 aromatic carbocycles. The Kier molecular flexibility index (Phi) is 25.5. The Bertz CT molecular complexity index is 447. The van der Waals surface area contributed by atoms with Crippen molar-refractivity contribution in [1.82, 2.24) is 5.32 Å². The van der Waals surface area contributed by atoms with Gasteiger partial charge < -0.3 is 10.1 Å². The SMILES string of the molecule is CCCCCCCCCCCCCCCCCCCCCCCCCCCCOC(=O)C1CCNC1. The molecule has 0 aliphatic carbocycles. The van der Waals surface area contributed by atoms with E-state index in [1.165, 1.54) is 161 Å². The molecule has 0 spiro atoms. The predicted molar refractivity (Wildman–Crippen MR) is 158 cm³/mol. The summed E-state index contributed by atoms with van der Waals surface area (Å²) in [5, 5.41) is 3.22. The lowest BCUT2D eigenvalue weighted by atomic mass is 10.0. The number of hydrogen-bond acceptors (Lipinski definition) is 3. The molecule has 1 saturated heterocycles. The smallest absolute Gasteiger partial charge is 0.310 e. The van der Waals surface area contributed by atoms with Gasteiger partial charge in [-0.05, 0) is 19.4 Å². The van der Waals surface area contributed by atoms with Crippen LogP contribution in [-0.4, -0.2) is 25.7 Å². The summed E-state index contributed by atoms with van der Waals surface area (Å²) in [4.78, 5) is 11.8. The minimum atomic E-state index is 0.0135. The second kappa shape index (κ2) is 27.5. The zero-order valence-electron chi connectivity index (χ0n) is 24.6. The first-order chi connectivity index (χ1) is 17.8. The summed E-state index contributed by atoms with van der Waals surface area (Å²) in [6.45, 7) is 4.68. The summed E-state index contributed by atoms with van der Waals surface area (Å²) in [6, 6.07) is 0. The van der Waals surface area contributed by atoms with E-state index in [-0.39, 0.29) is 11.9 Å². The molecule has 214 valence electrons. The van der Waals surface area contributed by atoms with Gasteiger partial charge in [-0.2, -0.15) is 0 Å². The molecule has 0 bridgehead atoms. The monoisotopic (exact) mass is 508 g/mol. The fraction of sp³-hybridized carbons (Fsp3) is 0.970. The number of ether oxygens (including phenoxy) is 1. The maximum atomic E-state index is 11.8. The second-order valence-electron chi connectivity index (χ2n) is 11.7. The van der Waals surface area contributed by atoms with E-state index < -0.39 is 0 Å². The van der Waals surface area contributed by atoms with Crippen LogP contribution in [0, 0.1) is 5.92 Å². The van der Waals surface area contributed by atoms with Crippen LogP contribution in [0.25, 0.3) is 0 Å². The first-order valence-corrected chi connectivity index (χ1v) is 16.7.